The summed E-state index contributed by atoms with van der Waals surface area (Å²) in [6.45, 7) is 7.56. The fourth-order valence-electron chi connectivity index (χ4n) is 1.99. The highest BCUT2D eigenvalue weighted by molar-refractivity contribution is 5.98. The van der Waals surface area contributed by atoms with E-state index in [4.69, 9.17) is 0 Å². The Kier molecular flexibility index (Phi) is 4.22. The van der Waals surface area contributed by atoms with Crippen molar-refractivity contribution in [3.63, 3.8) is 0 Å². The lowest BCUT2D eigenvalue weighted by Crippen LogP contribution is -2.29. The fourth-order valence-corrected chi connectivity index (χ4v) is 1.99. The smallest absolute Gasteiger partial charge is 0.163 e. The zero-order chi connectivity index (χ0) is 13.1. The van der Waals surface area contributed by atoms with Crippen LogP contribution in [0.2, 0.25) is 0 Å². The van der Waals surface area contributed by atoms with E-state index in [2.05, 4.69) is 0 Å². The van der Waals surface area contributed by atoms with Crippen LogP contribution in [0.15, 0.2) is 30.3 Å². The van der Waals surface area contributed by atoms with Gasteiger partial charge in [0, 0.05) is 17.9 Å². The second-order valence-electron chi connectivity index (χ2n) is 5.52. The van der Waals surface area contributed by atoms with Gasteiger partial charge in [0.1, 0.15) is 5.78 Å². The molecule has 1 atom stereocenters. The first kappa shape index (κ1) is 13.6. The third-order valence-corrected chi connectivity index (χ3v) is 3.02. The van der Waals surface area contributed by atoms with Crippen molar-refractivity contribution < 1.29 is 9.59 Å². The number of Topliss-reactive ketones (excluding diaryl/α,β-unsaturated/α-hetero) is 2. The van der Waals surface area contributed by atoms with Crippen LogP contribution in [0.25, 0.3) is 0 Å². The Morgan fingerprint density at radius 3 is 2.06 bits per heavy atom. The zero-order valence-electron chi connectivity index (χ0n) is 11.0. The van der Waals surface area contributed by atoms with Crippen LogP contribution in [0.1, 0.15) is 44.5 Å². The maximum Gasteiger partial charge on any atom is 0.163 e. The van der Waals surface area contributed by atoms with Crippen molar-refractivity contribution >= 4 is 11.6 Å². The minimum atomic E-state index is -0.213. The van der Waals surface area contributed by atoms with Gasteiger partial charge in [-0.2, -0.15) is 0 Å². The monoisotopic (exact) mass is 232 g/mol. The number of carbonyl (C=O) groups is 2. The highest BCUT2D eigenvalue weighted by Crippen LogP contribution is 2.30. The van der Waals surface area contributed by atoms with Gasteiger partial charge >= 0.3 is 0 Å². The summed E-state index contributed by atoms with van der Waals surface area (Å²) >= 11 is 0. The van der Waals surface area contributed by atoms with E-state index in [0.29, 0.717) is 12.0 Å². The van der Waals surface area contributed by atoms with E-state index >= 15 is 0 Å². The third-order valence-electron chi connectivity index (χ3n) is 3.02. The van der Waals surface area contributed by atoms with Gasteiger partial charge in [-0.1, -0.05) is 51.1 Å². The van der Waals surface area contributed by atoms with E-state index in [1.807, 2.05) is 39.0 Å². The second-order valence-corrected chi connectivity index (χ2v) is 5.52. The molecule has 0 radical (unpaired) electrons. The van der Waals surface area contributed by atoms with E-state index < -0.39 is 0 Å². The predicted molar refractivity (Wildman–Crippen MR) is 69.0 cm³/mol. The Bertz CT molecular complexity index is 399. The first-order chi connectivity index (χ1) is 7.82. The average Bonchev–Trinajstić information content (AvgIpc) is 2.24. The zero-order valence-corrected chi connectivity index (χ0v) is 11.0. The summed E-state index contributed by atoms with van der Waals surface area (Å²) in [7, 11) is 0. The molecule has 0 aliphatic heterocycles. The van der Waals surface area contributed by atoms with Gasteiger partial charge in [-0.05, 0) is 12.3 Å². The van der Waals surface area contributed by atoms with Crippen LogP contribution in [0.5, 0.6) is 0 Å². The molecule has 0 aliphatic rings. The summed E-state index contributed by atoms with van der Waals surface area (Å²) < 4.78 is 0. The Labute approximate surface area is 103 Å². The molecule has 1 aromatic rings. The maximum absolute atomic E-state index is 12.1. The molecule has 92 valence electrons. The van der Waals surface area contributed by atoms with Gasteiger partial charge in [0.05, 0.1) is 0 Å². The molecule has 0 heterocycles. The first-order valence-corrected chi connectivity index (χ1v) is 5.91. The van der Waals surface area contributed by atoms with Gasteiger partial charge in [-0.3, -0.25) is 9.59 Å². The second kappa shape index (κ2) is 5.26. The summed E-state index contributed by atoms with van der Waals surface area (Å²) in [6.07, 6.45) is 0.294. The summed E-state index contributed by atoms with van der Waals surface area (Å²) in [5.74, 6) is -0.0855. The topological polar surface area (TPSA) is 34.1 Å². The molecular weight excluding hydrogens is 212 g/mol. The number of benzene rings is 1. The quantitative estimate of drug-likeness (QED) is 0.744. The SMILES string of the molecule is CC(=O)C(CC(=O)c1ccccc1)C(C)(C)C. The molecule has 17 heavy (non-hydrogen) atoms. The van der Waals surface area contributed by atoms with Gasteiger partial charge in [0.15, 0.2) is 5.78 Å². The van der Waals surface area contributed by atoms with Crippen molar-refractivity contribution in [3.8, 4) is 0 Å². The highest BCUT2D eigenvalue weighted by atomic mass is 16.1. The molecule has 1 rings (SSSR count). The Hall–Kier alpha value is -1.44. The van der Waals surface area contributed by atoms with Crippen molar-refractivity contribution in [2.45, 2.75) is 34.1 Å². The van der Waals surface area contributed by atoms with E-state index in [1.165, 1.54) is 0 Å². The lowest BCUT2D eigenvalue weighted by Gasteiger charge is -2.27. The van der Waals surface area contributed by atoms with Gasteiger partial charge in [0.25, 0.3) is 0 Å². The molecule has 0 fully saturated rings. The Balaban J connectivity index is 2.83. The molecule has 0 aliphatic carbocycles. The number of hydrogen-bond acceptors (Lipinski definition) is 2. The maximum atomic E-state index is 12.1. The standard InChI is InChI=1S/C15H20O2/c1-11(16)13(15(2,3)4)10-14(17)12-8-6-5-7-9-12/h5-9,13H,10H2,1-4H3. The Morgan fingerprint density at radius 2 is 1.65 bits per heavy atom. The molecule has 1 aromatic carbocycles. The summed E-state index contributed by atoms with van der Waals surface area (Å²) in [5.41, 5.74) is 0.513. The molecule has 0 amide bonds. The van der Waals surface area contributed by atoms with E-state index in [0.717, 1.165) is 0 Å². The Morgan fingerprint density at radius 1 is 1.12 bits per heavy atom. The average molecular weight is 232 g/mol. The largest absolute Gasteiger partial charge is 0.300 e. The van der Waals surface area contributed by atoms with Crippen LogP contribution < -0.4 is 0 Å². The highest BCUT2D eigenvalue weighted by Gasteiger charge is 2.30. The van der Waals surface area contributed by atoms with E-state index in [1.54, 1.807) is 19.1 Å². The van der Waals surface area contributed by atoms with Crippen molar-refractivity contribution in [2.24, 2.45) is 11.3 Å². The molecule has 0 aromatic heterocycles. The number of rotatable bonds is 4. The number of carbonyl (C=O) groups excluding carboxylic acids is 2. The van der Waals surface area contributed by atoms with Crippen LogP contribution in [0, 0.1) is 11.3 Å². The molecule has 0 N–H and O–H groups in total. The fraction of sp³-hybridized carbons (Fsp3) is 0.467. The van der Waals surface area contributed by atoms with E-state index in [-0.39, 0.29) is 22.9 Å². The van der Waals surface area contributed by atoms with Crippen molar-refractivity contribution in [1.29, 1.82) is 0 Å². The predicted octanol–water partition coefficient (Wildman–Crippen LogP) is 3.51. The molecule has 0 saturated heterocycles. The molecule has 1 unspecified atom stereocenters. The minimum Gasteiger partial charge on any atom is -0.300 e. The molecule has 2 heteroatoms. The van der Waals surface area contributed by atoms with Crippen LogP contribution >= 0.6 is 0 Å². The summed E-state index contributed by atoms with van der Waals surface area (Å²) in [6, 6.07) is 9.15. The van der Waals surface area contributed by atoms with Crippen LogP contribution in [-0.2, 0) is 4.79 Å². The van der Waals surface area contributed by atoms with Crippen molar-refractivity contribution in [2.75, 3.05) is 0 Å². The van der Waals surface area contributed by atoms with Gasteiger partial charge in [-0.15, -0.1) is 0 Å². The van der Waals surface area contributed by atoms with Crippen LogP contribution in [-0.4, -0.2) is 11.6 Å². The van der Waals surface area contributed by atoms with Crippen molar-refractivity contribution in [1.82, 2.24) is 0 Å². The number of hydrogen-bond donors (Lipinski definition) is 0. The lowest BCUT2D eigenvalue weighted by atomic mass is 9.75. The number of ketones is 2. The molecular formula is C15H20O2. The van der Waals surface area contributed by atoms with E-state index in [9.17, 15) is 9.59 Å². The van der Waals surface area contributed by atoms with Gasteiger partial charge in [0.2, 0.25) is 0 Å². The summed E-state index contributed by atoms with van der Waals surface area (Å²) in [4.78, 5) is 23.7. The first-order valence-electron chi connectivity index (χ1n) is 5.91. The van der Waals surface area contributed by atoms with Crippen LogP contribution in [0.4, 0.5) is 0 Å². The van der Waals surface area contributed by atoms with Gasteiger partial charge in [-0.25, -0.2) is 0 Å². The normalized spacial score (nSPS) is 13.2. The van der Waals surface area contributed by atoms with Crippen LogP contribution in [0.3, 0.4) is 0 Å². The minimum absolute atomic E-state index is 0.0423. The lowest BCUT2D eigenvalue weighted by molar-refractivity contribution is -0.123. The molecule has 0 saturated carbocycles. The summed E-state index contributed by atoms with van der Waals surface area (Å²) in [5, 5.41) is 0. The van der Waals surface area contributed by atoms with Gasteiger partial charge < -0.3 is 0 Å². The third kappa shape index (κ3) is 3.81. The molecule has 2 nitrogen and oxygen atoms in total. The molecule has 0 spiro atoms. The van der Waals surface area contributed by atoms with Crippen molar-refractivity contribution in [3.05, 3.63) is 35.9 Å². The molecule has 0 bridgehead atoms.